The fraction of sp³-hybridized carbons (Fsp3) is 0.286. The van der Waals surface area contributed by atoms with Crippen molar-refractivity contribution in [3.05, 3.63) is 54.0 Å². The minimum Gasteiger partial charge on any atom is -0.388 e. The number of hydrogen-bond acceptors (Lipinski definition) is 6. The fourth-order valence-corrected chi connectivity index (χ4v) is 5.81. The van der Waals surface area contributed by atoms with Crippen LogP contribution in [0, 0.1) is 6.92 Å². The van der Waals surface area contributed by atoms with Gasteiger partial charge < -0.3 is 14.7 Å². The number of imidazole rings is 1. The van der Waals surface area contributed by atoms with Crippen molar-refractivity contribution in [1.82, 2.24) is 24.1 Å². The van der Waals surface area contributed by atoms with Gasteiger partial charge in [0.15, 0.2) is 11.5 Å². The number of halogens is 1. The Kier molecular flexibility index (Phi) is 5.92. The summed E-state index contributed by atoms with van der Waals surface area (Å²) in [5.74, 6) is 1.36. The minimum absolute atomic E-state index is 0.122. The third-order valence-corrected chi connectivity index (χ3v) is 7.45. The maximum absolute atomic E-state index is 9.83. The number of aryl methyl sites for hydroxylation is 1. The highest BCUT2D eigenvalue weighted by Gasteiger charge is 2.22. The van der Waals surface area contributed by atoms with Crippen LogP contribution in [0.25, 0.3) is 28.2 Å². The summed E-state index contributed by atoms with van der Waals surface area (Å²) in [6.07, 6.45) is 2.32. The lowest BCUT2D eigenvalue weighted by molar-refractivity contribution is 0.123. The van der Waals surface area contributed by atoms with E-state index in [4.69, 9.17) is 19.8 Å². The summed E-state index contributed by atoms with van der Waals surface area (Å²) in [5.41, 5.74) is 5.76. The Labute approximate surface area is 194 Å². The molecule has 3 aromatic heterocycles. The molecule has 1 fully saturated rings. The van der Waals surface area contributed by atoms with Crippen LogP contribution in [0.3, 0.4) is 0 Å². The number of fused-ring (bicyclic) bond motifs is 1. The highest BCUT2D eigenvalue weighted by molar-refractivity contribution is 14.2. The number of rotatable bonds is 5. The van der Waals surface area contributed by atoms with E-state index in [0.29, 0.717) is 25.4 Å². The van der Waals surface area contributed by atoms with Gasteiger partial charge in [0.05, 0.1) is 31.0 Å². The molecule has 0 radical (unpaired) electrons. The third-order valence-electron chi connectivity index (χ3n) is 5.37. The van der Waals surface area contributed by atoms with Crippen LogP contribution in [0.4, 0.5) is 5.69 Å². The SMILES string of the molecule is Cc1cccc(-c2ccn(-c3cc(N4CCOCC4)c4nc(CO)n(PI)c4n3)n2)c1. The molecule has 4 heterocycles. The van der Waals surface area contributed by atoms with Gasteiger partial charge in [0.25, 0.3) is 0 Å². The molecule has 1 aromatic carbocycles. The second-order valence-electron chi connectivity index (χ2n) is 7.39. The molecule has 1 saturated heterocycles. The van der Waals surface area contributed by atoms with Crippen LogP contribution in [0.1, 0.15) is 11.4 Å². The lowest BCUT2D eigenvalue weighted by atomic mass is 10.1. The fourth-order valence-electron chi connectivity index (χ4n) is 3.83. The van der Waals surface area contributed by atoms with E-state index >= 15 is 0 Å². The molecule has 0 saturated carbocycles. The summed E-state index contributed by atoms with van der Waals surface area (Å²) >= 11 is 2.30. The van der Waals surface area contributed by atoms with Crippen molar-refractivity contribution in [2.45, 2.75) is 13.5 Å². The molecule has 1 unspecified atom stereocenters. The summed E-state index contributed by atoms with van der Waals surface area (Å²) < 4.78 is 9.33. The normalized spacial score (nSPS) is 14.9. The second kappa shape index (κ2) is 8.82. The zero-order valence-corrected chi connectivity index (χ0v) is 20.2. The molecule has 1 aliphatic rings. The zero-order chi connectivity index (χ0) is 21.4. The molecular weight excluding hydrogens is 526 g/mol. The predicted molar refractivity (Wildman–Crippen MR) is 132 cm³/mol. The van der Waals surface area contributed by atoms with E-state index in [1.165, 1.54) is 5.56 Å². The van der Waals surface area contributed by atoms with Crippen LogP contribution in [0.15, 0.2) is 42.6 Å². The van der Waals surface area contributed by atoms with Gasteiger partial charge in [-0.1, -0.05) is 23.8 Å². The Morgan fingerprint density at radius 1 is 1.16 bits per heavy atom. The van der Waals surface area contributed by atoms with Crippen molar-refractivity contribution in [3.63, 3.8) is 0 Å². The summed E-state index contributed by atoms with van der Waals surface area (Å²) in [7, 11) is 0. The molecule has 0 spiro atoms. The quantitative estimate of drug-likeness (QED) is 0.303. The van der Waals surface area contributed by atoms with Crippen LogP contribution in [0.5, 0.6) is 0 Å². The molecule has 31 heavy (non-hydrogen) atoms. The molecule has 4 aromatic rings. The Balaban J connectivity index is 1.65. The van der Waals surface area contributed by atoms with E-state index in [1.54, 1.807) is 0 Å². The average Bonchev–Trinajstić information content (AvgIpc) is 3.43. The van der Waals surface area contributed by atoms with Gasteiger partial charge in [-0.2, -0.15) is 5.10 Å². The smallest absolute Gasteiger partial charge is 0.168 e. The molecular formula is C21H22IN6O2P. The maximum atomic E-state index is 9.83. The Morgan fingerprint density at radius 3 is 2.74 bits per heavy atom. The number of anilines is 1. The topological polar surface area (TPSA) is 81.2 Å². The molecule has 1 aliphatic heterocycles. The van der Waals surface area contributed by atoms with Gasteiger partial charge in [-0.3, -0.25) is 4.34 Å². The van der Waals surface area contributed by atoms with Crippen molar-refractivity contribution in [3.8, 4) is 17.1 Å². The molecule has 5 rings (SSSR count). The number of aromatic nitrogens is 5. The Bertz CT molecular complexity index is 1230. The Hall–Kier alpha value is -2.07. The summed E-state index contributed by atoms with van der Waals surface area (Å²) in [6, 6.07) is 12.4. The minimum atomic E-state index is -0.122. The molecule has 10 heteroatoms. The first kappa shape index (κ1) is 20.8. The van der Waals surface area contributed by atoms with Crippen molar-refractivity contribution in [1.29, 1.82) is 0 Å². The number of benzene rings is 1. The van der Waals surface area contributed by atoms with Crippen LogP contribution < -0.4 is 4.90 Å². The highest BCUT2D eigenvalue weighted by Crippen LogP contribution is 2.36. The largest absolute Gasteiger partial charge is 0.388 e. The summed E-state index contributed by atoms with van der Waals surface area (Å²) in [5, 5.41) is 14.6. The van der Waals surface area contributed by atoms with Gasteiger partial charge in [-0.25, -0.2) is 14.6 Å². The molecule has 0 bridgehead atoms. The molecule has 0 aliphatic carbocycles. The van der Waals surface area contributed by atoms with Crippen LogP contribution >= 0.6 is 28.4 Å². The van der Waals surface area contributed by atoms with Gasteiger partial charge in [0.2, 0.25) is 0 Å². The predicted octanol–water partition coefficient (Wildman–Crippen LogP) is 3.71. The average molecular weight is 548 g/mol. The van der Waals surface area contributed by atoms with E-state index in [2.05, 4.69) is 52.1 Å². The molecule has 160 valence electrons. The lowest BCUT2D eigenvalue weighted by Gasteiger charge is -2.29. The van der Waals surface area contributed by atoms with Crippen LogP contribution in [-0.4, -0.2) is 55.5 Å². The van der Waals surface area contributed by atoms with Crippen molar-refractivity contribution in [2.75, 3.05) is 31.2 Å². The number of hydrogen-bond donors (Lipinski definition) is 1. The van der Waals surface area contributed by atoms with Gasteiger partial charge in [-0.05, 0) is 41.1 Å². The standard InChI is InChI=1S/C21H22IN6O2P/c1-14-3-2-4-15(11-14)16-5-6-27(25-16)18-12-17(26-7-9-30-10-8-26)20-21(24-18)28(31-22)19(13-29)23-20/h2-6,11-12,29,31H,7-10,13H2,1H3. The van der Waals surface area contributed by atoms with Gasteiger partial charge >= 0.3 is 0 Å². The second-order valence-corrected chi connectivity index (χ2v) is 9.46. The number of pyridine rings is 1. The molecule has 0 amide bonds. The first-order valence-corrected chi connectivity index (χ1v) is 14.1. The van der Waals surface area contributed by atoms with E-state index in [0.717, 1.165) is 47.0 Å². The van der Waals surface area contributed by atoms with Gasteiger partial charge in [-0.15, -0.1) is 0 Å². The number of morpholine rings is 1. The number of aliphatic hydroxyl groups is 1. The zero-order valence-electron chi connectivity index (χ0n) is 17.0. The number of nitrogens with zero attached hydrogens (tertiary/aromatic N) is 6. The molecule has 8 nitrogen and oxygen atoms in total. The van der Waals surface area contributed by atoms with Crippen molar-refractivity contribution < 1.29 is 9.84 Å². The maximum Gasteiger partial charge on any atom is 0.168 e. The van der Waals surface area contributed by atoms with E-state index < -0.39 is 0 Å². The van der Waals surface area contributed by atoms with Gasteiger partial charge in [0.1, 0.15) is 17.9 Å². The van der Waals surface area contributed by atoms with Gasteiger partial charge in [0, 0.05) is 30.9 Å². The molecule has 1 atom stereocenters. The first-order chi connectivity index (χ1) is 15.2. The van der Waals surface area contributed by atoms with Crippen molar-refractivity contribution in [2.24, 2.45) is 0 Å². The summed E-state index contributed by atoms with van der Waals surface area (Å²) in [6.45, 7) is 4.90. The number of aliphatic hydroxyl groups excluding tert-OH is 1. The van der Waals surface area contributed by atoms with E-state index in [9.17, 15) is 5.11 Å². The number of ether oxygens (including phenoxy) is 1. The Morgan fingerprint density at radius 2 is 2.00 bits per heavy atom. The third kappa shape index (κ3) is 3.95. The molecule has 1 N–H and O–H groups in total. The lowest BCUT2D eigenvalue weighted by Crippen LogP contribution is -2.36. The van der Waals surface area contributed by atoms with Crippen LogP contribution in [0.2, 0.25) is 0 Å². The first-order valence-electron chi connectivity index (χ1n) is 10.0. The van der Waals surface area contributed by atoms with E-state index in [1.807, 2.05) is 33.4 Å². The highest BCUT2D eigenvalue weighted by atomic mass is 127. The van der Waals surface area contributed by atoms with Crippen LogP contribution in [-0.2, 0) is 11.3 Å². The van der Waals surface area contributed by atoms with Crippen molar-refractivity contribution >= 4 is 45.3 Å². The monoisotopic (exact) mass is 548 g/mol. The summed E-state index contributed by atoms with van der Waals surface area (Å²) in [4.78, 5) is 11.9. The van der Waals surface area contributed by atoms with E-state index in [-0.39, 0.29) is 6.61 Å².